The first-order valence-corrected chi connectivity index (χ1v) is 28.6. The number of hydrogen-bond acceptors (Lipinski definition) is 12. The van der Waals surface area contributed by atoms with E-state index in [4.69, 9.17) is 17.3 Å². The molecule has 2 bridgehead atoms. The summed E-state index contributed by atoms with van der Waals surface area (Å²) in [5, 5.41) is 11.3. The van der Waals surface area contributed by atoms with Crippen molar-refractivity contribution in [1.29, 1.82) is 0 Å². The van der Waals surface area contributed by atoms with Crippen molar-refractivity contribution in [3.8, 4) is 23.7 Å². The lowest BCUT2D eigenvalue weighted by atomic mass is 9.97. The number of benzene rings is 4. The second-order valence-corrected chi connectivity index (χ2v) is 23.1. The second kappa shape index (κ2) is 23.2. The molecule has 6 aliphatic heterocycles. The lowest BCUT2D eigenvalue weighted by Gasteiger charge is -2.42. The molecular weight excluding hydrogens is 1050 g/mol. The van der Waals surface area contributed by atoms with Gasteiger partial charge in [-0.2, -0.15) is 4.31 Å². The van der Waals surface area contributed by atoms with Crippen LogP contribution in [-0.2, 0) is 30.8 Å². The van der Waals surface area contributed by atoms with Crippen molar-refractivity contribution >= 4 is 80.3 Å². The van der Waals surface area contributed by atoms with E-state index in [2.05, 4.69) is 49.8 Å². The molecule has 0 spiro atoms. The average Bonchev–Trinajstić information content (AvgIpc) is 4.24. The van der Waals surface area contributed by atoms with E-state index in [1.165, 1.54) is 6.07 Å². The van der Waals surface area contributed by atoms with Crippen LogP contribution in [0.3, 0.4) is 0 Å². The number of amides is 8. The van der Waals surface area contributed by atoms with Crippen molar-refractivity contribution < 1.29 is 46.8 Å². The Hall–Kier alpha value is -7.88. The summed E-state index contributed by atoms with van der Waals surface area (Å²) in [6, 6.07) is 20.1. The Bertz CT molecular complexity index is 3400. The fourth-order valence-electron chi connectivity index (χ4n) is 11.8. The molecule has 79 heavy (non-hydrogen) atoms. The molecule has 0 aromatic heterocycles. The van der Waals surface area contributed by atoms with Crippen LogP contribution in [0.2, 0.25) is 5.02 Å². The quantitative estimate of drug-likeness (QED) is 0.0610. The van der Waals surface area contributed by atoms with Gasteiger partial charge in [-0.25, -0.2) is 8.42 Å². The van der Waals surface area contributed by atoms with E-state index in [1.807, 2.05) is 0 Å². The molecule has 3 unspecified atom stereocenters. The predicted molar refractivity (Wildman–Crippen MR) is 293 cm³/mol. The number of sulfonamides is 1. The Kier molecular flexibility index (Phi) is 16.0. The van der Waals surface area contributed by atoms with Gasteiger partial charge in [-0.1, -0.05) is 29.5 Å². The van der Waals surface area contributed by atoms with Gasteiger partial charge in [0.05, 0.1) is 33.9 Å². The van der Waals surface area contributed by atoms with Crippen LogP contribution in [0.15, 0.2) is 78.9 Å². The normalized spacial score (nSPS) is 21.1. The van der Waals surface area contributed by atoms with Crippen molar-refractivity contribution in [2.45, 2.75) is 88.4 Å². The Balaban J connectivity index is 0.607. The first kappa shape index (κ1) is 54.5. The molecule has 6 aliphatic rings. The van der Waals surface area contributed by atoms with E-state index in [0.717, 1.165) is 56.6 Å². The highest BCUT2D eigenvalue weighted by Crippen LogP contribution is 2.44. The SMILES string of the molecule is NC(=O)c1cc2c(cc1Cl)N(C1CC3CCC(C1)N3S(=O)(=O)CC1CCN(CCCNC(=O)c3ccc(C#CC#Cc4ccc(C(=O)NCCNc5cccc6c5C(=O)N(C5CCC(=O)NC5=O)C6=O)cc4)cc3)CC1)C(=O)C2. The molecule has 0 aliphatic carbocycles. The third-order valence-electron chi connectivity index (χ3n) is 15.7. The lowest BCUT2D eigenvalue weighted by molar-refractivity contribution is -0.136. The number of primary amides is 1. The van der Waals surface area contributed by atoms with Gasteiger partial charge in [0.2, 0.25) is 33.7 Å². The topological polar surface area (TPSA) is 258 Å². The number of rotatable bonds is 16. The number of piperidine rings is 3. The van der Waals surface area contributed by atoms with Crippen LogP contribution in [-0.4, -0.2) is 139 Å². The maximum atomic E-state index is 14.0. The number of anilines is 2. The van der Waals surface area contributed by atoms with Crippen LogP contribution < -0.4 is 31.9 Å². The molecule has 408 valence electrons. The highest BCUT2D eigenvalue weighted by molar-refractivity contribution is 7.89. The Morgan fingerprint density at radius 2 is 1.37 bits per heavy atom. The lowest BCUT2D eigenvalue weighted by Crippen LogP contribution is -2.54. The number of carbonyl (C=O) groups is 8. The number of likely N-dealkylation sites (tertiary alicyclic amines) is 1. The molecule has 0 radical (unpaired) electrons. The van der Waals surface area contributed by atoms with Gasteiger partial charge >= 0.3 is 0 Å². The van der Waals surface area contributed by atoms with Crippen LogP contribution in [0.4, 0.5) is 11.4 Å². The first-order valence-electron chi connectivity index (χ1n) is 26.6. The summed E-state index contributed by atoms with van der Waals surface area (Å²) in [5.41, 5.74) is 9.97. The number of nitrogens with one attached hydrogen (secondary N) is 4. The van der Waals surface area contributed by atoms with Crippen LogP contribution >= 0.6 is 11.6 Å². The van der Waals surface area contributed by atoms with Gasteiger partial charge in [0.25, 0.3) is 23.6 Å². The van der Waals surface area contributed by atoms with E-state index in [0.29, 0.717) is 58.6 Å². The molecule has 6 heterocycles. The summed E-state index contributed by atoms with van der Waals surface area (Å²) in [6.07, 6.45) is 5.15. The van der Waals surface area contributed by atoms with Crippen LogP contribution in [0.1, 0.15) is 126 Å². The van der Waals surface area contributed by atoms with Gasteiger partial charge < -0.3 is 31.5 Å². The van der Waals surface area contributed by atoms with Crippen LogP contribution in [0.5, 0.6) is 0 Å². The number of fused-ring (bicyclic) bond motifs is 4. The van der Waals surface area contributed by atoms with E-state index in [1.54, 1.807) is 82.0 Å². The van der Waals surface area contributed by atoms with Crippen molar-refractivity contribution in [2.75, 3.05) is 55.2 Å². The van der Waals surface area contributed by atoms with Gasteiger partial charge in [-0.15, -0.1) is 0 Å². The van der Waals surface area contributed by atoms with Crippen LogP contribution in [0.25, 0.3) is 0 Å². The summed E-state index contributed by atoms with van der Waals surface area (Å²) in [6.45, 7) is 3.28. The van der Waals surface area contributed by atoms with Gasteiger partial charge in [-0.05, 0) is 167 Å². The number of nitrogens with two attached hydrogens (primary N) is 1. The molecular formula is C58H58ClN9O10S. The Morgan fingerprint density at radius 3 is 1.99 bits per heavy atom. The van der Waals surface area contributed by atoms with E-state index in [9.17, 15) is 46.8 Å². The zero-order valence-electron chi connectivity index (χ0n) is 43.1. The minimum Gasteiger partial charge on any atom is -0.383 e. The van der Waals surface area contributed by atoms with Gasteiger partial charge in [0, 0.05) is 77.8 Å². The number of carbonyl (C=O) groups excluding carboxylic acids is 8. The highest BCUT2D eigenvalue weighted by atomic mass is 35.5. The van der Waals surface area contributed by atoms with E-state index in [-0.39, 0.29) is 102 Å². The maximum absolute atomic E-state index is 14.0. The molecule has 4 fully saturated rings. The molecule has 0 saturated carbocycles. The molecule has 4 aromatic rings. The number of imide groups is 2. The number of nitrogens with zero attached hydrogens (tertiary/aromatic N) is 4. The monoisotopic (exact) mass is 1110 g/mol. The molecule has 8 amide bonds. The summed E-state index contributed by atoms with van der Waals surface area (Å²) in [7, 11) is -3.53. The maximum Gasteiger partial charge on any atom is 0.264 e. The van der Waals surface area contributed by atoms with Gasteiger partial charge in [0.1, 0.15) is 6.04 Å². The standard InChI is InChI=1S/C58H58ClN9O10S/c59-46-33-49-40(29-45(46)53(60)71)30-51(70)66(49)43-31-41-17-18-42(32-43)68(41)79(77,78)34-37-21-27-65(28-22-37)26-4-23-62-54(72)38-13-9-35(10-14-38)5-1-2-6-36-11-15-39(16-12-36)55(73)63-25-24-61-47-8-3-7-44-52(47)58(76)67(57(44)75)48-19-20-50(69)64-56(48)74/h3,7-16,29,33,37,41-43,48,61H,4,17-28,30-32,34H2,(H2,60,71)(H,62,72)(H,63,73)(H,64,69,74). The van der Waals surface area contributed by atoms with Crippen molar-refractivity contribution in [3.05, 3.63) is 128 Å². The average molecular weight is 1110 g/mol. The molecule has 10 rings (SSSR count). The number of halogens is 1. The first-order chi connectivity index (χ1) is 38.0. The van der Waals surface area contributed by atoms with Crippen molar-refractivity contribution in [3.63, 3.8) is 0 Å². The van der Waals surface area contributed by atoms with Crippen molar-refractivity contribution in [2.24, 2.45) is 11.7 Å². The van der Waals surface area contributed by atoms with Crippen LogP contribution in [0, 0.1) is 29.6 Å². The molecule has 4 saturated heterocycles. The number of hydrogen-bond donors (Lipinski definition) is 5. The Morgan fingerprint density at radius 1 is 0.734 bits per heavy atom. The van der Waals surface area contributed by atoms with Crippen molar-refractivity contribution in [1.82, 2.24) is 30.1 Å². The Labute approximate surface area is 462 Å². The smallest absolute Gasteiger partial charge is 0.264 e. The highest BCUT2D eigenvalue weighted by Gasteiger charge is 2.50. The van der Waals surface area contributed by atoms with Gasteiger partial charge in [0.15, 0.2) is 0 Å². The molecule has 3 atom stereocenters. The fourth-order valence-corrected chi connectivity index (χ4v) is 14.5. The summed E-state index contributed by atoms with van der Waals surface area (Å²) in [5.74, 6) is 8.14. The minimum absolute atomic E-state index is 0.0224. The molecule has 6 N–H and O–H groups in total. The predicted octanol–water partition coefficient (Wildman–Crippen LogP) is 3.83. The van der Waals surface area contributed by atoms with Gasteiger partial charge in [-0.3, -0.25) is 48.6 Å². The summed E-state index contributed by atoms with van der Waals surface area (Å²) in [4.78, 5) is 106. The minimum atomic E-state index is -3.53. The zero-order valence-corrected chi connectivity index (χ0v) is 44.7. The third-order valence-corrected chi connectivity index (χ3v) is 18.1. The molecule has 4 aromatic carbocycles. The molecule has 21 heteroatoms. The summed E-state index contributed by atoms with van der Waals surface area (Å²) < 4.78 is 29.7. The third kappa shape index (κ3) is 11.8. The molecule has 19 nitrogen and oxygen atoms in total. The van der Waals surface area contributed by atoms with E-state index >= 15 is 0 Å². The van der Waals surface area contributed by atoms with E-state index < -0.39 is 45.6 Å². The zero-order chi connectivity index (χ0) is 55.5. The fraction of sp³-hybridized carbons (Fsp3) is 0.379. The summed E-state index contributed by atoms with van der Waals surface area (Å²) >= 11 is 6.37. The largest absolute Gasteiger partial charge is 0.383 e. The second-order valence-electron chi connectivity index (χ2n) is 20.8.